The molecule has 6 amide bonds. The van der Waals surface area contributed by atoms with Gasteiger partial charge in [0, 0.05) is 0 Å². The van der Waals surface area contributed by atoms with Crippen LogP contribution in [0.1, 0.15) is 12.8 Å². The van der Waals surface area contributed by atoms with Gasteiger partial charge < -0.3 is 11.5 Å². The molecule has 0 fully saturated rings. The number of primary amides is 2. The summed E-state index contributed by atoms with van der Waals surface area (Å²) in [5, 5.41) is 3.60. The highest BCUT2D eigenvalue weighted by Gasteiger charge is 2.44. The van der Waals surface area contributed by atoms with Crippen molar-refractivity contribution in [3.8, 4) is 0 Å². The van der Waals surface area contributed by atoms with E-state index in [0.29, 0.717) is 0 Å². The molecule has 104 valence electrons. The lowest BCUT2D eigenvalue weighted by atomic mass is 9.79. The minimum absolute atomic E-state index is 0.128. The predicted octanol–water partition coefficient (Wildman–Crippen LogP) is -0.485. The highest BCUT2D eigenvalue weighted by atomic mass is 16.2. The van der Waals surface area contributed by atoms with Crippen LogP contribution in [0, 0.1) is 5.41 Å². The van der Waals surface area contributed by atoms with Crippen LogP contribution >= 0.6 is 0 Å². The first kappa shape index (κ1) is 16.4. The lowest BCUT2D eigenvalue weighted by molar-refractivity contribution is -0.141. The summed E-state index contributed by atoms with van der Waals surface area (Å²) < 4.78 is 0. The molecule has 0 heterocycles. The second-order valence-corrected chi connectivity index (χ2v) is 3.70. The Hall–Kier alpha value is -2.64. The van der Waals surface area contributed by atoms with Gasteiger partial charge in [0.1, 0.15) is 5.41 Å². The van der Waals surface area contributed by atoms with Crippen LogP contribution in [0.3, 0.4) is 0 Å². The molecule has 0 aromatic rings. The molecule has 0 saturated carbocycles. The van der Waals surface area contributed by atoms with Crippen LogP contribution in [0.4, 0.5) is 9.59 Å². The molecule has 0 aromatic carbocycles. The van der Waals surface area contributed by atoms with Gasteiger partial charge >= 0.3 is 12.1 Å². The number of carbonyl (C=O) groups excluding carboxylic acids is 4. The monoisotopic (exact) mass is 268 g/mol. The predicted molar refractivity (Wildman–Crippen MR) is 67.5 cm³/mol. The zero-order valence-corrected chi connectivity index (χ0v) is 10.3. The van der Waals surface area contributed by atoms with E-state index in [1.807, 2.05) is 0 Å². The number of amides is 6. The maximum Gasteiger partial charge on any atom is 0.318 e. The molecule has 0 unspecified atom stereocenters. The number of carbonyl (C=O) groups is 4. The summed E-state index contributed by atoms with van der Waals surface area (Å²) in [6, 6.07) is -2.23. The van der Waals surface area contributed by atoms with Crippen LogP contribution in [0.2, 0.25) is 0 Å². The number of urea groups is 2. The van der Waals surface area contributed by atoms with Crippen molar-refractivity contribution in [3.63, 3.8) is 0 Å². The summed E-state index contributed by atoms with van der Waals surface area (Å²) >= 11 is 0. The first-order valence-electron chi connectivity index (χ1n) is 5.23. The molecule has 0 radical (unpaired) electrons. The Bertz CT molecular complexity index is 390. The van der Waals surface area contributed by atoms with E-state index in [1.165, 1.54) is 12.2 Å². The van der Waals surface area contributed by atoms with Gasteiger partial charge in [-0.05, 0) is 12.8 Å². The molecule has 6 N–H and O–H groups in total. The highest BCUT2D eigenvalue weighted by molar-refractivity contribution is 6.13. The van der Waals surface area contributed by atoms with E-state index in [9.17, 15) is 19.2 Å². The fraction of sp³-hybridized carbons (Fsp3) is 0.273. The highest BCUT2D eigenvalue weighted by Crippen LogP contribution is 2.28. The van der Waals surface area contributed by atoms with E-state index >= 15 is 0 Å². The summed E-state index contributed by atoms with van der Waals surface area (Å²) in [4.78, 5) is 45.4. The second kappa shape index (κ2) is 6.94. The summed E-state index contributed by atoms with van der Waals surface area (Å²) in [5.41, 5.74) is 7.92. The van der Waals surface area contributed by atoms with Gasteiger partial charge in [-0.2, -0.15) is 0 Å². The van der Waals surface area contributed by atoms with Crippen molar-refractivity contribution < 1.29 is 19.2 Å². The van der Waals surface area contributed by atoms with Crippen molar-refractivity contribution in [2.45, 2.75) is 12.8 Å². The third-order valence-corrected chi connectivity index (χ3v) is 2.33. The molecule has 8 nitrogen and oxygen atoms in total. The second-order valence-electron chi connectivity index (χ2n) is 3.70. The van der Waals surface area contributed by atoms with Gasteiger partial charge in [0.05, 0.1) is 0 Å². The van der Waals surface area contributed by atoms with E-state index in [4.69, 9.17) is 11.5 Å². The number of nitrogens with one attached hydrogen (secondary N) is 2. The van der Waals surface area contributed by atoms with E-state index in [0.717, 1.165) is 0 Å². The number of allylic oxidation sites excluding steroid dienone is 2. The average Bonchev–Trinajstić information content (AvgIpc) is 2.26. The first-order valence-corrected chi connectivity index (χ1v) is 5.23. The molecule has 0 aliphatic carbocycles. The van der Waals surface area contributed by atoms with Crippen LogP contribution in [0.5, 0.6) is 0 Å². The van der Waals surface area contributed by atoms with Crippen molar-refractivity contribution in [3.05, 3.63) is 25.3 Å². The molecule has 8 heteroatoms. The molecular formula is C11H16N4O4. The largest absolute Gasteiger partial charge is 0.351 e. The lowest BCUT2D eigenvalue weighted by Gasteiger charge is -2.27. The quantitative estimate of drug-likeness (QED) is 0.380. The topological polar surface area (TPSA) is 144 Å². The molecule has 19 heavy (non-hydrogen) atoms. The molecule has 0 aromatic heterocycles. The van der Waals surface area contributed by atoms with Gasteiger partial charge in [0.15, 0.2) is 0 Å². The minimum atomic E-state index is -1.76. The zero-order chi connectivity index (χ0) is 15.1. The van der Waals surface area contributed by atoms with Crippen LogP contribution in [-0.4, -0.2) is 23.9 Å². The Kier molecular flexibility index (Phi) is 5.98. The van der Waals surface area contributed by atoms with Gasteiger partial charge in [-0.3, -0.25) is 20.2 Å². The van der Waals surface area contributed by atoms with E-state index < -0.39 is 29.3 Å². The van der Waals surface area contributed by atoms with Gasteiger partial charge in [-0.15, -0.1) is 13.2 Å². The van der Waals surface area contributed by atoms with E-state index in [2.05, 4.69) is 13.2 Å². The third-order valence-electron chi connectivity index (χ3n) is 2.33. The molecular weight excluding hydrogens is 252 g/mol. The summed E-state index contributed by atoms with van der Waals surface area (Å²) in [6.45, 7) is 6.85. The lowest BCUT2D eigenvalue weighted by Crippen LogP contribution is -2.55. The van der Waals surface area contributed by atoms with Gasteiger partial charge in [0.25, 0.3) is 0 Å². The molecule has 0 aliphatic rings. The third kappa shape index (κ3) is 4.26. The maximum atomic E-state index is 12.0. The molecule has 0 aliphatic heterocycles. The van der Waals surface area contributed by atoms with Crippen LogP contribution in [0.25, 0.3) is 0 Å². The van der Waals surface area contributed by atoms with Crippen molar-refractivity contribution in [1.82, 2.24) is 10.6 Å². The van der Waals surface area contributed by atoms with Crippen molar-refractivity contribution in [1.29, 1.82) is 0 Å². The average molecular weight is 268 g/mol. The first-order chi connectivity index (χ1) is 8.80. The Labute approximate surface area is 109 Å². The number of hydrogen-bond acceptors (Lipinski definition) is 4. The van der Waals surface area contributed by atoms with Gasteiger partial charge in [0.2, 0.25) is 11.8 Å². The number of rotatable bonds is 6. The Balaban J connectivity index is 5.50. The van der Waals surface area contributed by atoms with Crippen molar-refractivity contribution in [2.24, 2.45) is 16.9 Å². The van der Waals surface area contributed by atoms with E-state index in [-0.39, 0.29) is 12.8 Å². The fourth-order valence-electron chi connectivity index (χ4n) is 1.51. The maximum absolute atomic E-state index is 12.0. The molecule has 0 rings (SSSR count). The smallest absolute Gasteiger partial charge is 0.318 e. The van der Waals surface area contributed by atoms with Crippen molar-refractivity contribution >= 4 is 23.9 Å². The number of imide groups is 2. The summed E-state index contributed by atoms with van der Waals surface area (Å²) in [7, 11) is 0. The fourth-order valence-corrected chi connectivity index (χ4v) is 1.51. The van der Waals surface area contributed by atoms with Crippen LogP contribution in [0.15, 0.2) is 25.3 Å². The molecule has 0 atom stereocenters. The van der Waals surface area contributed by atoms with Crippen molar-refractivity contribution in [2.75, 3.05) is 0 Å². The van der Waals surface area contributed by atoms with Crippen LogP contribution < -0.4 is 22.1 Å². The summed E-state index contributed by atoms with van der Waals surface area (Å²) in [6.07, 6.45) is 2.34. The molecule has 0 spiro atoms. The van der Waals surface area contributed by atoms with E-state index in [1.54, 1.807) is 10.6 Å². The number of hydrogen-bond donors (Lipinski definition) is 4. The minimum Gasteiger partial charge on any atom is -0.351 e. The Morgan fingerprint density at radius 3 is 1.42 bits per heavy atom. The normalized spacial score (nSPS) is 10.1. The summed E-state index contributed by atoms with van der Waals surface area (Å²) in [5.74, 6) is -1.92. The van der Waals surface area contributed by atoms with Gasteiger partial charge in [-0.1, -0.05) is 12.2 Å². The Morgan fingerprint density at radius 1 is 0.895 bits per heavy atom. The van der Waals surface area contributed by atoms with Crippen LogP contribution in [-0.2, 0) is 9.59 Å². The number of nitrogens with two attached hydrogens (primary N) is 2. The molecule has 0 bridgehead atoms. The van der Waals surface area contributed by atoms with Gasteiger partial charge in [-0.25, -0.2) is 9.59 Å². The standard InChI is InChI=1S/C11H16N4O4/c1-3-5-11(6-4-2,7(16)14-9(12)18)8(17)15-10(13)19/h3-4H,1-2,5-6H2,(H3,12,14,16,18)(H3,13,15,17,19). The zero-order valence-electron chi connectivity index (χ0n) is 10.3. The Morgan fingerprint density at radius 2 is 1.21 bits per heavy atom. The SMILES string of the molecule is C=CCC(CC=C)(C(=O)NC(N)=O)C(=O)NC(N)=O. The molecule has 0 saturated heterocycles.